The summed E-state index contributed by atoms with van der Waals surface area (Å²) >= 11 is 0. The number of fused-ring (bicyclic) bond motifs is 2. The third-order valence-electron chi connectivity index (χ3n) is 5.03. The molecule has 3 heterocycles. The first kappa shape index (κ1) is 19.4. The largest absolute Gasteiger partial charge is 0.497 e. The fraction of sp³-hybridized carbons (Fsp3) is 0.143. The molecule has 1 amide bonds. The van der Waals surface area contributed by atoms with Gasteiger partial charge in [-0.2, -0.15) is 0 Å². The molecule has 2 aromatic carbocycles. The number of H-pyrrole nitrogens is 1. The number of amides is 1. The first-order valence-electron chi connectivity index (χ1n) is 9.45. The predicted octanol–water partition coefficient (Wildman–Crippen LogP) is 1.62. The molecule has 32 heavy (non-hydrogen) atoms. The third kappa shape index (κ3) is 2.98. The minimum Gasteiger partial charge on any atom is -0.497 e. The molecule has 0 radical (unpaired) electrons. The minimum absolute atomic E-state index is 0.0942. The van der Waals surface area contributed by atoms with Crippen LogP contribution in [0, 0.1) is 0 Å². The first-order chi connectivity index (χ1) is 15.5. The van der Waals surface area contributed by atoms with E-state index in [2.05, 4.69) is 15.0 Å². The maximum absolute atomic E-state index is 12.8. The second-order valence-electron chi connectivity index (χ2n) is 6.83. The van der Waals surface area contributed by atoms with Crippen molar-refractivity contribution in [3.8, 4) is 40.1 Å². The number of hydrogen-bond acceptors (Lipinski definition) is 8. The number of ether oxygens (including phenoxy) is 4. The van der Waals surface area contributed by atoms with Gasteiger partial charge in [0.2, 0.25) is 6.79 Å². The van der Waals surface area contributed by atoms with Crippen LogP contribution in [0.1, 0.15) is 10.5 Å². The highest BCUT2D eigenvalue weighted by Crippen LogP contribution is 2.35. The van der Waals surface area contributed by atoms with Gasteiger partial charge < -0.3 is 29.7 Å². The van der Waals surface area contributed by atoms with Crippen molar-refractivity contribution in [3.05, 3.63) is 52.6 Å². The van der Waals surface area contributed by atoms with Gasteiger partial charge in [-0.05, 0) is 24.3 Å². The van der Waals surface area contributed by atoms with Crippen molar-refractivity contribution in [1.82, 2.24) is 19.5 Å². The Hall–Kier alpha value is -4.54. The molecule has 11 nitrogen and oxygen atoms in total. The van der Waals surface area contributed by atoms with Crippen molar-refractivity contribution in [2.24, 2.45) is 5.73 Å². The van der Waals surface area contributed by atoms with Gasteiger partial charge in [0.15, 0.2) is 28.7 Å². The summed E-state index contributed by atoms with van der Waals surface area (Å²) in [6, 6.07) is 10.1. The highest BCUT2D eigenvalue weighted by molar-refractivity contribution is 6.02. The van der Waals surface area contributed by atoms with E-state index in [-0.39, 0.29) is 29.5 Å². The molecule has 2 aromatic heterocycles. The van der Waals surface area contributed by atoms with Gasteiger partial charge in [0.25, 0.3) is 5.91 Å². The summed E-state index contributed by atoms with van der Waals surface area (Å²) < 4.78 is 22.7. The Balaban J connectivity index is 1.78. The van der Waals surface area contributed by atoms with Crippen LogP contribution >= 0.6 is 0 Å². The molecule has 162 valence electrons. The molecule has 0 saturated heterocycles. The molecular weight excluding hydrogens is 418 g/mol. The van der Waals surface area contributed by atoms with E-state index in [9.17, 15) is 9.59 Å². The van der Waals surface area contributed by atoms with E-state index in [1.54, 1.807) is 36.4 Å². The van der Waals surface area contributed by atoms with Gasteiger partial charge in [0, 0.05) is 12.1 Å². The number of methoxy groups -OCH3 is 2. The van der Waals surface area contributed by atoms with Gasteiger partial charge in [-0.15, -0.1) is 0 Å². The van der Waals surface area contributed by atoms with E-state index >= 15 is 0 Å². The van der Waals surface area contributed by atoms with Crippen molar-refractivity contribution >= 4 is 17.1 Å². The van der Waals surface area contributed by atoms with E-state index in [0.717, 1.165) is 0 Å². The number of rotatable bonds is 5. The van der Waals surface area contributed by atoms with E-state index in [4.69, 9.17) is 24.7 Å². The number of imidazole rings is 1. The standard InChI is InChI=1S/C21H17N5O6/c1-29-11-4-5-12(14(8-11)30-2)19-23-16(18(22)27)17-20(25-19)26(21(28)24-17)10-3-6-13-15(7-10)32-9-31-13/h3-8H,9H2,1-2H3,(H2,22,27)(H,24,28). The molecule has 1 aliphatic heterocycles. The normalized spacial score (nSPS) is 12.2. The minimum atomic E-state index is -0.815. The average molecular weight is 435 g/mol. The lowest BCUT2D eigenvalue weighted by Gasteiger charge is -2.11. The number of nitrogens with two attached hydrogens (primary N) is 1. The zero-order valence-corrected chi connectivity index (χ0v) is 17.0. The second kappa shape index (κ2) is 7.30. The van der Waals surface area contributed by atoms with Crippen LogP contribution in [0.25, 0.3) is 28.2 Å². The zero-order valence-electron chi connectivity index (χ0n) is 17.0. The molecule has 0 bridgehead atoms. The Kier molecular flexibility index (Phi) is 4.43. The molecular formula is C21H17N5O6. The van der Waals surface area contributed by atoms with Gasteiger partial charge in [-0.1, -0.05) is 0 Å². The lowest BCUT2D eigenvalue weighted by atomic mass is 10.1. The van der Waals surface area contributed by atoms with Crippen LogP contribution < -0.4 is 30.4 Å². The maximum atomic E-state index is 12.8. The van der Waals surface area contributed by atoms with Crippen molar-refractivity contribution in [2.75, 3.05) is 21.0 Å². The van der Waals surface area contributed by atoms with Gasteiger partial charge in [-0.3, -0.25) is 4.79 Å². The van der Waals surface area contributed by atoms with E-state index in [1.165, 1.54) is 18.8 Å². The lowest BCUT2D eigenvalue weighted by molar-refractivity contribution is 0.0997. The molecule has 0 atom stereocenters. The van der Waals surface area contributed by atoms with Crippen molar-refractivity contribution in [3.63, 3.8) is 0 Å². The summed E-state index contributed by atoms with van der Waals surface area (Å²) in [4.78, 5) is 36.5. The van der Waals surface area contributed by atoms with Gasteiger partial charge in [-0.25, -0.2) is 19.3 Å². The summed E-state index contributed by atoms with van der Waals surface area (Å²) in [6.45, 7) is 0.0942. The number of nitrogens with one attached hydrogen (secondary N) is 1. The summed E-state index contributed by atoms with van der Waals surface area (Å²) in [5, 5.41) is 0. The summed E-state index contributed by atoms with van der Waals surface area (Å²) in [6.07, 6.45) is 0. The number of nitrogens with zero attached hydrogens (tertiary/aromatic N) is 3. The van der Waals surface area contributed by atoms with Crippen LogP contribution in [-0.4, -0.2) is 46.4 Å². The predicted molar refractivity (Wildman–Crippen MR) is 113 cm³/mol. The quantitative estimate of drug-likeness (QED) is 0.481. The molecule has 11 heteroatoms. The molecule has 0 unspecified atom stereocenters. The van der Waals surface area contributed by atoms with E-state index in [1.807, 2.05) is 0 Å². The third-order valence-corrected chi connectivity index (χ3v) is 5.03. The summed E-state index contributed by atoms with van der Waals surface area (Å²) in [7, 11) is 3.02. The Morgan fingerprint density at radius 3 is 2.66 bits per heavy atom. The Morgan fingerprint density at radius 1 is 1.09 bits per heavy atom. The van der Waals surface area contributed by atoms with Crippen LogP contribution in [0.2, 0.25) is 0 Å². The molecule has 1 aliphatic rings. The topological polar surface area (TPSA) is 144 Å². The number of aromatic nitrogens is 4. The Bertz CT molecular complexity index is 1440. The van der Waals surface area contributed by atoms with Crippen LogP contribution in [0.4, 0.5) is 0 Å². The number of hydrogen-bond donors (Lipinski definition) is 2. The number of carbonyl (C=O) groups is 1. The van der Waals surface area contributed by atoms with Crippen LogP contribution in [0.5, 0.6) is 23.0 Å². The van der Waals surface area contributed by atoms with Gasteiger partial charge in [0.05, 0.1) is 25.5 Å². The second-order valence-corrected chi connectivity index (χ2v) is 6.83. The van der Waals surface area contributed by atoms with Gasteiger partial charge in [0.1, 0.15) is 17.0 Å². The number of aromatic amines is 1. The van der Waals surface area contributed by atoms with E-state index < -0.39 is 11.6 Å². The molecule has 0 saturated carbocycles. The fourth-order valence-electron chi connectivity index (χ4n) is 3.53. The average Bonchev–Trinajstić information content (AvgIpc) is 3.40. The summed E-state index contributed by atoms with van der Waals surface area (Å²) in [5.74, 6) is 1.39. The van der Waals surface area contributed by atoms with Gasteiger partial charge >= 0.3 is 5.69 Å². The summed E-state index contributed by atoms with van der Waals surface area (Å²) in [5.41, 5.74) is 6.17. The van der Waals surface area contributed by atoms with Crippen molar-refractivity contribution in [1.29, 1.82) is 0 Å². The Morgan fingerprint density at radius 2 is 1.91 bits per heavy atom. The SMILES string of the molecule is COc1ccc(-c2nc(C(N)=O)c3[nH]c(=O)n(-c4ccc5c(c4)OCO5)c3n2)c(OC)c1. The zero-order chi connectivity index (χ0) is 22.4. The van der Waals surface area contributed by atoms with Crippen LogP contribution in [0.15, 0.2) is 41.2 Å². The Labute approximate surface area is 180 Å². The smallest absolute Gasteiger partial charge is 0.332 e. The fourth-order valence-corrected chi connectivity index (χ4v) is 3.53. The highest BCUT2D eigenvalue weighted by Gasteiger charge is 2.23. The molecule has 0 fully saturated rings. The molecule has 0 spiro atoms. The number of carbonyl (C=O) groups excluding carboxylic acids is 1. The lowest BCUT2D eigenvalue weighted by Crippen LogP contribution is -2.15. The first-order valence-corrected chi connectivity index (χ1v) is 9.45. The number of benzene rings is 2. The van der Waals surface area contributed by atoms with Crippen molar-refractivity contribution in [2.45, 2.75) is 0 Å². The molecule has 3 N–H and O–H groups in total. The van der Waals surface area contributed by atoms with Crippen molar-refractivity contribution < 1.29 is 23.7 Å². The molecule has 0 aliphatic carbocycles. The maximum Gasteiger partial charge on any atom is 0.332 e. The highest BCUT2D eigenvalue weighted by atomic mass is 16.7. The van der Waals surface area contributed by atoms with Crippen LogP contribution in [0.3, 0.4) is 0 Å². The monoisotopic (exact) mass is 435 g/mol. The molecule has 5 rings (SSSR count). The van der Waals surface area contributed by atoms with E-state index in [0.29, 0.717) is 34.2 Å². The number of primary amides is 1. The molecule has 4 aromatic rings. The van der Waals surface area contributed by atoms with Crippen LogP contribution in [-0.2, 0) is 0 Å².